The Bertz CT molecular complexity index is 1520. The van der Waals surface area contributed by atoms with Crippen molar-refractivity contribution in [3.8, 4) is 5.75 Å². The molecule has 3 aromatic carbocycles. The van der Waals surface area contributed by atoms with E-state index in [4.69, 9.17) is 9.84 Å². The first-order valence-electron chi connectivity index (χ1n) is 12.0. The van der Waals surface area contributed by atoms with E-state index in [1.54, 1.807) is 6.08 Å². The molecule has 0 saturated heterocycles. The minimum absolute atomic E-state index is 0.00729. The van der Waals surface area contributed by atoms with Crippen molar-refractivity contribution in [1.29, 1.82) is 0 Å². The largest absolute Gasteiger partial charge is 0.489 e. The fourth-order valence-corrected chi connectivity index (χ4v) is 5.35. The molecule has 0 radical (unpaired) electrons. The Morgan fingerprint density at radius 3 is 2.32 bits per heavy atom. The van der Waals surface area contributed by atoms with Crippen molar-refractivity contribution < 1.29 is 23.1 Å². The lowest BCUT2D eigenvalue weighted by molar-refractivity contribution is -0.137. The second-order valence-electron chi connectivity index (χ2n) is 9.42. The highest BCUT2D eigenvalue weighted by molar-refractivity contribution is 7.89. The summed E-state index contributed by atoms with van der Waals surface area (Å²) in [6.07, 6.45) is 4.97. The van der Waals surface area contributed by atoms with Crippen LogP contribution in [0.15, 0.2) is 85.6 Å². The molecule has 0 saturated carbocycles. The summed E-state index contributed by atoms with van der Waals surface area (Å²) in [5.41, 5.74) is 6.13. The molecule has 0 aliphatic carbocycles. The molecule has 0 aliphatic heterocycles. The number of nitrogens with zero attached hydrogens (tertiary/aromatic N) is 1. The van der Waals surface area contributed by atoms with Gasteiger partial charge in [-0.15, -0.1) is 6.58 Å². The zero-order chi connectivity index (χ0) is 26.6. The smallest absolute Gasteiger partial charge is 0.304 e. The third-order valence-electron chi connectivity index (χ3n) is 6.48. The second kappa shape index (κ2) is 11.0. The van der Waals surface area contributed by atoms with Gasteiger partial charge in [-0.2, -0.15) is 0 Å². The van der Waals surface area contributed by atoms with E-state index in [0.717, 1.165) is 38.7 Å². The summed E-state index contributed by atoms with van der Waals surface area (Å²) >= 11 is 0. The average molecular weight is 518 g/mol. The number of aliphatic carboxylic acids is 1. The van der Waals surface area contributed by atoms with Gasteiger partial charge in [0.2, 0.25) is 0 Å². The summed E-state index contributed by atoms with van der Waals surface area (Å²) in [5.74, 6) is -0.335. The van der Waals surface area contributed by atoms with Crippen molar-refractivity contribution in [2.24, 2.45) is 0 Å². The molecule has 0 bridgehead atoms. The van der Waals surface area contributed by atoms with Crippen LogP contribution in [0.5, 0.6) is 5.75 Å². The zero-order valence-corrected chi connectivity index (χ0v) is 21.9. The maximum absolute atomic E-state index is 11.6. The summed E-state index contributed by atoms with van der Waals surface area (Å²) in [6.45, 7) is 6.93. The van der Waals surface area contributed by atoms with Gasteiger partial charge >= 0.3 is 5.97 Å². The minimum atomic E-state index is -3.06. The van der Waals surface area contributed by atoms with Gasteiger partial charge < -0.3 is 14.4 Å². The highest BCUT2D eigenvalue weighted by Crippen LogP contribution is 2.27. The Hall–Kier alpha value is -3.84. The molecule has 1 heterocycles. The van der Waals surface area contributed by atoms with Gasteiger partial charge in [0.1, 0.15) is 12.4 Å². The van der Waals surface area contributed by atoms with Crippen LogP contribution < -0.4 is 4.74 Å². The number of hydrogen-bond acceptors (Lipinski definition) is 4. The quantitative estimate of drug-likeness (QED) is 0.252. The molecule has 0 fully saturated rings. The Kier molecular flexibility index (Phi) is 7.83. The van der Waals surface area contributed by atoms with Gasteiger partial charge in [0.25, 0.3) is 0 Å². The molecule has 1 N–H and O–H groups in total. The lowest BCUT2D eigenvalue weighted by Crippen LogP contribution is -2.04. The number of allylic oxidation sites excluding steroid dienone is 1. The van der Waals surface area contributed by atoms with Crippen molar-refractivity contribution in [2.45, 2.75) is 38.2 Å². The number of fused-ring (bicyclic) bond motifs is 1. The molecule has 0 unspecified atom stereocenters. The number of aryl methyl sites for hydroxylation is 1. The maximum atomic E-state index is 11.6. The molecule has 7 heteroatoms. The molecule has 1 atom stereocenters. The van der Waals surface area contributed by atoms with Crippen LogP contribution in [-0.2, 0) is 33.5 Å². The lowest BCUT2D eigenvalue weighted by atomic mass is 9.96. The fraction of sp³-hybridized carbons (Fsp3) is 0.233. The van der Waals surface area contributed by atoms with E-state index < -0.39 is 15.8 Å². The normalized spacial score (nSPS) is 12.4. The Balaban J connectivity index is 1.48. The van der Waals surface area contributed by atoms with Crippen LogP contribution in [0.1, 0.15) is 40.2 Å². The van der Waals surface area contributed by atoms with E-state index in [1.165, 1.54) is 6.26 Å². The van der Waals surface area contributed by atoms with Gasteiger partial charge in [0, 0.05) is 24.9 Å². The van der Waals surface area contributed by atoms with Crippen LogP contribution >= 0.6 is 0 Å². The Labute approximate surface area is 217 Å². The van der Waals surface area contributed by atoms with Gasteiger partial charge in [0.05, 0.1) is 17.7 Å². The molecule has 192 valence electrons. The van der Waals surface area contributed by atoms with Crippen LogP contribution in [0.2, 0.25) is 0 Å². The number of carboxylic acids is 1. The molecular formula is C30H31NO5S. The molecule has 4 rings (SSSR count). The number of benzene rings is 3. The van der Waals surface area contributed by atoms with Gasteiger partial charge in [-0.1, -0.05) is 54.6 Å². The third-order valence-corrected chi connectivity index (χ3v) is 7.34. The summed E-state index contributed by atoms with van der Waals surface area (Å²) in [6, 6.07) is 21.5. The lowest BCUT2D eigenvalue weighted by Gasteiger charge is -2.14. The van der Waals surface area contributed by atoms with E-state index in [-0.39, 0.29) is 18.1 Å². The molecule has 4 aromatic rings. The monoisotopic (exact) mass is 517 g/mol. The number of carboxylic acid groups (broad SMARTS) is 1. The van der Waals surface area contributed by atoms with Crippen molar-refractivity contribution in [3.63, 3.8) is 0 Å². The van der Waals surface area contributed by atoms with Gasteiger partial charge in [0.15, 0.2) is 9.84 Å². The third kappa shape index (κ3) is 6.68. The predicted octanol–water partition coefficient (Wildman–Crippen LogP) is 5.87. The van der Waals surface area contributed by atoms with E-state index >= 15 is 0 Å². The number of aromatic nitrogens is 1. The number of rotatable bonds is 11. The van der Waals surface area contributed by atoms with E-state index in [2.05, 4.69) is 42.5 Å². The first-order chi connectivity index (χ1) is 17.6. The number of hydrogen-bond donors (Lipinski definition) is 1. The van der Waals surface area contributed by atoms with Crippen LogP contribution in [0.3, 0.4) is 0 Å². The SMILES string of the molecule is C=C[C@@H](CC(=O)O)c1ccc(OCc2ccc3ccn(Cc4ccc(CS(C)(=O)=O)cc4)c3c2C)cc1. The summed E-state index contributed by atoms with van der Waals surface area (Å²) in [7, 11) is -3.06. The van der Waals surface area contributed by atoms with Gasteiger partial charge in [-0.3, -0.25) is 4.79 Å². The summed E-state index contributed by atoms with van der Waals surface area (Å²) < 4.78 is 31.4. The molecule has 37 heavy (non-hydrogen) atoms. The molecular weight excluding hydrogens is 486 g/mol. The molecule has 0 spiro atoms. The second-order valence-corrected chi connectivity index (χ2v) is 11.6. The number of sulfone groups is 1. The minimum Gasteiger partial charge on any atom is -0.489 e. The molecule has 0 aliphatic rings. The number of carbonyl (C=O) groups is 1. The molecule has 6 nitrogen and oxygen atoms in total. The first-order valence-corrected chi connectivity index (χ1v) is 14.1. The van der Waals surface area contributed by atoms with E-state index in [9.17, 15) is 13.2 Å². The molecule has 1 aromatic heterocycles. The first kappa shape index (κ1) is 26.2. The topological polar surface area (TPSA) is 85.6 Å². The highest BCUT2D eigenvalue weighted by atomic mass is 32.2. The Morgan fingerprint density at radius 1 is 1.03 bits per heavy atom. The number of ether oxygens (including phenoxy) is 1. The van der Waals surface area contributed by atoms with Crippen LogP contribution in [0.25, 0.3) is 10.9 Å². The van der Waals surface area contributed by atoms with Crippen molar-refractivity contribution in [1.82, 2.24) is 4.57 Å². The fourth-order valence-electron chi connectivity index (χ4n) is 4.55. The average Bonchev–Trinajstić information content (AvgIpc) is 3.26. The highest BCUT2D eigenvalue weighted by Gasteiger charge is 2.13. The Morgan fingerprint density at radius 2 is 1.70 bits per heavy atom. The molecule has 0 amide bonds. The summed E-state index contributed by atoms with van der Waals surface area (Å²) in [5, 5.41) is 10.2. The van der Waals surface area contributed by atoms with Gasteiger partial charge in [-0.25, -0.2) is 8.42 Å². The maximum Gasteiger partial charge on any atom is 0.304 e. The predicted molar refractivity (Wildman–Crippen MR) is 147 cm³/mol. The van der Waals surface area contributed by atoms with E-state index in [1.807, 2.05) is 48.5 Å². The standard InChI is InChI=1S/C30H31NO5S/c1-4-24(17-29(32)33)25-11-13-28(14-12-25)36-19-27-10-9-26-15-16-31(30(26)21(27)2)18-22-5-7-23(8-6-22)20-37(3,34)35/h4-16,24H,1,17-20H2,2-3H3,(H,32,33)/t24-/m0/s1. The van der Waals surface area contributed by atoms with Crippen molar-refractivity contribution >= 4 is 26.7 Å². The van der Waals surface area contributed by atoms with Crippen LogP contribution in [0.4, 0.5) is 0 Å². The summed E-state index contributed by atoms with van der Waals surface area (Å²) in [4.78, 5) is 11.1. The van der Waals surface area contributed by atoms with E-state index in [0.29, 0.717) is 18.9 Å². The van der Waals surface area contributed by atoms with Crippen LogP contribution in [-0.4, -0.2) is 30.3 Å². The van der Waals surface area contributed by atoms with Crippen molar-refractivity contribution in [2.75, 3.05) is 6.26 Å². The van der Waals surface area contributed by atoms with Crippen molar-refractivity contribution in [3.05, 3.63) is 113 Å². The van der Waals surface area contributed by atoms with Gasteiger partial charge in [-0.05, 0) is 58.3 Å². The zero-order valence-electron chi connectivity index (χ0n) is 21.1. The van der Waals surface area contributed by atoms with Crippen LogP contribution in [0, 0.1) is 6.92 Å².